The fourth-order valence-corrected chi connectivity index (χ4v) is 2.63. The summed E-state index contributed by atoms with van der Waals surface area (Å²) < 4.78 is 0. The van der Waals surface area contributed by atoms with Gasteiger partial charge in [0.05, 0.1) is 16.4 Å². The normalized spacial score (nSPS) is 10.8. The van der Waals surface area contributed by atoms with Crippen LogP contribution in [0.15, 0.2) is 22.9 Å². The van der Waals surface area contributed by atoms with Crippen LogP contribution in [0.2, 0.25) is 0 Å². The number of amides is 1. The van der Waals surface area contributed by atoms with E-state index in [1.807, 2.05) is 12.3 Å². The molecule has 5 nitrogen and oxygen atoms in total. The van der Waals surface area contributed by atoms with Gasteiger partial charge in [-0.25, -0.2) is 9.78 Å². The molecule has 0 spiro atoms. The number of aryl methyl sites for hydroxylation is 1. The first kappa shape index (κ1) is 13.4. The molecule has 0 radical (unpaired) electrons. The molecule has 2 rings (SSSR count). The number of anilines is 1. The van der Waals surface area contributed by atoms with Crippen LogP contribution in [0.5, 0.6) is 0 Å². The summed E-state index contributed by atoms with van der Waals surface area (Å²) in [7, 11) is 0. The Morgan fingerprint density at radius 2 is 2.21 bits per heavy atom. The fourth-order valence-electron chi connectivity index (χ4n) is 1.37. The number of thiophene rings is 1. The zero-order valence-electron chi connectivity index (χ0n) is 9.91. The summed E-state index contributed by atoms with van der Waals surface area (Å²) in [6.07, 6.45) is 2.92. The monoisotopic (exact) mass is 294 g/mol. The van der Waals surface area contributed by atoms with E-state index in [-0.39, 0.29) is 10.8 Å². The van der Waals surface area contributed by atoms with Crippen LogP contribution < -0.4 is 5.32 Å². The Hall–Kier alpha value is -1.99. The summed E-state index contributed by atoms with van der Waals surface area (Å²) in [5.74, 6) is -1.43. The van der Waals surface area contributed by atoms with Crippen molar-refractivity contribution in [3.8, 4) is 0 Å². The van der Waals surface area contributed by atoms with E-state index in [9.17, 15) is 9.59 Å². The van der Waals surface area contributed by atoms with Gasteiger partial charge >= 0.3 is 5.97 Å². The van der Waals surface area contributed by atoms with Gasteiger partial charge in [0.2, 0.25) is 5.91 Å². The Balaban J connectivity index is 2.03. The second kappa shape index (κ2) is 5.77. The van der Waals surface area contributed by atoms with Crippen LogP contribution in [0.25, 0.3) is 6.08 Å². The average molecular weight is 294 g/mol. The van der Waals surface area contributed by atoms with Gasteiger partial charge in [0, 0.05) is 11.5 Å². The van der Waals surface area contributed by atoms with E-state index in [4.69, 9.17) is 5.11 Å². The first-order valence-corrected chi connectivity index (χ1v) is 7.04. The maximum Gasteiger partial charge on any atom is 0.348 e. The lowest BCUT2D eigenvalue weighted by Crippen LogP contribution is -2.09. The van der Waals surface area contributed by atoms with Crippen LogP contribution >= 0.6 is 22.7 Å². The third kappa shape index (κ3) is 3.49. The molecule has 7 heteroatoms. The van der Waals surface area contributed by atoms with Crippen molar-refractivity contribution >= 4 is 46.3 Å². The molecule has 2 aromatic rings. The number of thiazole rings is 1. The molecule has 2 aromatic heterocycles. The van der Waals surface area contributed by atoms with Crippen LogP contribution in [-0.2, 0) is 4.79 Å². The molecule has 0 saturated heterocycles. The minimum Gasteiger partial charge on any atom is -0.477 e. The molecular weight excluding hydrogens is 284 g/mol. The van der Waals surface area contributed by atoms with Crippen molar-refractivity contribution in [2.75, 3.05) is 5.32 Å². The van der Waals surface area contributed by atoms with Crippen LogP contribution in [0.4, 0.5) is 5.69 Å². The van der Waals surface area contributed by atoms with Gasteiger partial charge in [0.25, 0.3) is 0 Å². The Kier molecular flexibility index (Phi) is 4.08. The Bertz CT molecular complexity index is 643. The van der Waals surface area contributed by atoms with Crippen molar-refractivity contribution in [2.24, 2.45) is 0 Å². The number of rotatable bonds is 4. The molecule has 0 atom stereocenters. The molecular formula is C12H10N2O3S2. The van der Waals surface area contributed by atoms with E-state index in [0.717, 1.165) is 16.3 Å². The second-order valence-electron chi connectivity index (χ2n) is 3.58. The third-order valence-corrected chi connectivity index (χ3v) is 3.85. The summed E-state index contributed by atoms with van der Waals surface area (Å²) in [5.41, 5.74) is 1.02. The zero-order valence-corrected chi connectivity index (χ0v) is 11.5. The largest absolute Gasteiger partial charge is 0.477 e. The number of hydrogen-bond donors (Lipinski definition) is 2. The molecule has 98 valence electrons. The van der Waals surface area contributed by atoms with Crippen LogP contribution in [0.3, 0.4) is 0 Å². The number of carboxylic acid groups (broad SMARTS) is 1. The van der Waals surface area contributed by atoms with Crippen LogP contribution in [0, 0.1) is 6.92 Å². The number of nitrogens with one attached hydrogen (secondary N) is 1. The molecule has 0 fully saturated rings. The summed E-state index contributed by atoms with van der Waals surface area (Å²) in [5, 5.41) is 15.8. The van der Waals surface area contributed by atoms with E-state index in [1.165, 1.54) is 17.4 Å². The van der Waals surface area contributed by atoms with Crippen molar-refractivity contribution in [1.29, 1.82) is 0 Å². The van der Waals surface area contributed by atoms with E-state index in [2.05, 4.69) is 10.3 Å². The molecule has 19 heavy (non-hydrogen) atoms. The number of carboxylic acids is 1. The average Bonchev–Trinajstić information content (AvgIpc) is 2.95. The number of carbonyl (C=O) groups is 2. The molecule has 0 saturated carbocycles. The highest BCUT2D eigenvalue weighted by molar-refractivity contribution is 7.12. The molecule has 0 bridgehead atoms. The lowest BCUT2D eigenvalue weighted by Gasteiger charge is -1.99. The lowest BCUT2D eigenvalue weighted by molar-refractivity contribution is -0.111. The minimum absolute atomic E-state index is 0.117. The molecule has 1 amide bonds. The third-order valence-electron chi connectivity index (χ3n) is 2.16. The Labute approximate surface area is 117 Å². The molecule has 0 aliphatic heterocycles. The SMILES string of the molecule is Cc1nc(/C=C/C(=O)Nc2ccsc2C(=O)O)cs1. The highest BCUT2D eigenvalue weighted by Crippen LogP contribution is 2.22. The van der Waals surface area contributed by atoms with Crippen molar-refractivity contribution < 1.29 is 14.7 Å². The summed E-state index contributed by atoms with van der Waals surface area (Å²) in [6, 6.07) is 1.56. The first-order valence-electron chi connectivity index (χ1n) is 5.28. The quantitative estimate of drug-likeness (QED) is 0.850. The van der Waals surface area contributed by atoms with Crippen molar-refractivity contribution in [3.63, 3.8) is 0 Å². The van der Waals surface area contributed by atoms with Gasteiger partial charge in [-0.15, -0.1) is 22.7 Å². The lowest BCUT2D eigenvalue weighted by atomic mass is 10.3. The van der Waals surface area contributed by atoms with Gasteiger partial charge in [-0.1, -0.05) is 0 Å². The van der Waals surface area contributed by atoms with E-state index in [0.29, 0.717) is 11.4 Å². The number of nitrogens with zero attached hydrogens (tertiary/aromatic N) is 1. The minimum atomic E-state index is -1.05. The van der Waals surface area contributed by atoms with Gasteiger partial charge in [0.15, 0.2) is 0 Å². The van der Waals surface area contributed by atoms with E-state index < -0.39 is 5.97 Å². The van der Waals surface area contributed by atoms with Gasteiger partial charge < -0.3 is 10.4 Å². The molecule has 0 aliphatic carbocycles. The van der Waals surface area contributed by atoms with Gasteiger partial charge in [-0.05, 0) is 24.4 Å². The Morgan fingerprint density at radius 1 is 1.42 bits per heavy atom. The van der Waals surface area contributed by atoms with Gasteiger partial charge in [-0.2, -0.15) is 0 Å². The number of aromatic nitrogens is 1. The van der Waals surface area contributed by atoms with Crippen LogP contribution in [-0.4, -0.2) is 22.0 Å². The number of carbonyl (C=O) groups excluding carboxylic acids is 1. The van der Waals surface area contributed by atoms with Crippen molar-refractivity contribution in [2.45, 2.75) is 6.92 Å². The topological polar surface area (TPSA) is 79.3 Å². The summed E-state index contributed by atoms with van der Waals surface area (Å²) >= 11 is 2.57. The summed E-state index contributed by atoms with van der Waals surface area (Å²) in [4.78, 5) is 26.8. The van der Waals surface area contributed by atoms with E-state index >= 15 is 0 Å². The Morgan fingerprint density at radius 3 is 2.84 bits per heavy atom. The number of hydrogen-bond acceptors (Lipinski definition) is 5. The standard InChI is InChI=1S/C12H10N2O3S2/c1-7-13-8(6-19-7)2-3-10(15)14-9-4-5-18-11(9)12(16)17/h2-6H,1H3,(H,14,15)(H,16,17)/b3-2+. The predicted molar refractivity (Wildman–Crippen MR) is 75.8 cm³/mol. The molecule has 2 N–H and O–H groups in total. The molecule has 0 aliphatic rings. The molecule has 0 aromatic carbocycles. The molecule has 2 heterocycles. The van der Waals surface area contributed by atoms with Crippen molar-refractivity contribution in [3.05, 3.63) is 38.5 Å². The highest BCUT2D eigenvalue weighted by Gasteiger charge is 2.12. The van der Waals surface area contributed by atoms with Gasteiger partial charge in [-0.3, -0.25) is 4.79 Å². The van der Waals surface area contributed by atoms with Crippen LogP contribution in [0.1, 0.15) is 20.4 Å². The second-order valence-corrected chi connectivity index (χ2v) is 5.56. The maximum absolute atomic E-state index is 11.7. The van der Waals surface area contributed by atoms with Gasteiger partial charge in [0.1, 0.15) is 4.88 Å². The van der Waals surface area contributed by atoms with E-state index in [1.54, 1.807) is 17.5 Å². The zero-order chi connectivity index (χ0) is 13.8. The number of aromatic carboxylic acids is 1. The highest BCUT2D eigenvalue weighted by atomic mass is 32.1. The fraction of sp³-hybridized carbons (Fsp3) is 0.0833. The first-order chi connectivity index (χ1) is 9.06. The maximum atomic E-state index is 11.7. The van der Waals surface area contributed by atoms with Crippen molar-refractivity contribution in [1.82, 2.24) is 4.98 Å². The smallest absolute Gasteiger partial charge is 0.348 e. The molecule has 0 unspecified atom stereocenters. The predicted octanol–water partition coefficient (Wildman–Crippen LogP) is 2.86. The summed E-state index contributed by atoms with van der Waals surface area (Å²) in [6.45, 7) is 1.88.